The highest BCUT2D eigenvalue weighted by Gasteiger charge is 2.18. The van der Waals surface area contributed by atoms with Crippen LogP contribution in [0.1, 0.15) is 5.56 Å². The number of fused-ring (bicyclic) bond motifs is 1. The minimum atomic E-state index is -0.692. The van der Waals surface area contributed by atoms with Gasteiger partial charge >= 0.3 is 5.69 Å². The molecule has 146 valence electrons. The number of methoxy groups -OCH3 is 1. The Morgan fingerprint density at radius 2 is 1.79 bits per heavy atom. The fraction of sp³-hybridized carbons (Fsp3) is 0.100. The second-order valence-corrected chi connectivity index (χ2v) is 6.42. The minimum absolute atomic E-state index is 0.0291. The number of aromatic amines is 1. The number of hydrogen-bond donors (Lipinski definition) is 3. The molecule has 0 atom stereocenters. The topological polar surface area (TPSA) is 136 Å². The van der Waals surface area contributed by atoms with Gasteiger partial charge in [-0.25, -0.2) is 14.3 Å². The van der Waals surface area contributed by atoms with Gasteiger partial charge in [0, 0.05) is 0 Å². The molecule has 29 heavy (non-hydrogen) atoms. The van der Waals surface area contributed by atoms with Gasteiger partial charge in [-0.3, -0.25) is 4.79 Å². The average Bonchev–Trinajstić information content (AvgIpc) is 2.70. The number of nitrogen functional groups attached to an aromatic ring is 1. The molecule has 0 spiro atoms. The van der Waals surface area contributed by atoms with Crippen LogP contribution in [0, 0.1) is 6.92 Å². The summed E-state index contributed by atoms with van der Waals surface area (Å²) in [5.74, 6) is 0.0805. The van der Waals surface area contributed by atoms with Crippen molar-refractivity contribution >= 4 is 16.9 Å². The fourth-order valence-electron chi connectivity index (χ4n) is 3.05. The Balaban J connectivity index is 2.02. The summed E-state index contributed by atoms with van der Waals surface area (Å²) in [6.07, 6.45) is 0. The van der Waals surface area contributed by atoms with Crippen LogP contribution in [0.5, 0.6) is 11.5 Å². The van der Waals surface area contributed by atoms with E-state index in [0.717, 1.165) is 5.56 Å². The van der Waals surface area contributed by atoms with E-state index in [-0.39, 0.29) is 39.7 Å². The Kier molecular flexibility index (Phi) is 4.27. The molecule has 0 aliphatic carbocycles. The van der Waals surface area contributed by atoms with E-state index in [9.17, 15) is 14.7 Å². The maximum absolute atomic E-state index is 12.6. The average molecular weight is 391 g/mol. The highest BCUT2D eigenvalue weighted by molar-refractivity contribution is 5.86. The zero-order valence-electron chi connectivity index (χ0n) is 15.6. The lowest BCUT2D eigenvalue weighted by Crippen LogP contribution is -2.27. The van der Waals surface area contributed by atoms with E-state index >= 15 is 0 Å². The molecule has 0 bridgehead atoms. The molecule has 2 aromatic heterocycles. The van der Waals surface area contributed by atoms with Crippen molar-refractivity contribution in [2.24, 2.45) is 0 Å². The zero-order chi connectivity index (χ0) is 20.7. The summed E-state index contributed by atoms with van der Waals surface area (Å²) in [7, 11) is 1.41. The quantitative estimate of drug-likeness (QED) is 0.484. The van der Waals surface area contributed by atoms with E-state index in [1.54, 1.807) is 30.3 Å². The molecular formula is C20H17N5O4. The van der Waals surface area contributed by atoms with Gasteiger partial charge in [-0.2, -0.15) is 4.98 Å². The second-order valence-electron chi connectivity index (χ2n) is 6.42. The Morgan fingerprint density at radius 1 is 1.07 bits per heavy atom. The number of phenolic OH excluding ortho intramolecular Hbond substituents is 1. The van der Waals surface area contributed by atoms with Crippen LogP contribution in [0.25, 0.3) is 28.1 Å². The largest absolute Gasteiger partial charge is 0.504 e. The minimum Gasteiger partial charge on any atom is -0.504 e. The lowest BCUT2D eigenvalue weighted by atomic mass is 10.1. The molecule has 0 radical (unpaired) electrons. The van der Waals surface area contributed by atoms with Gasteiger partial charge in [-0.1, -0.05) is 23.8 Å². The van der Waals surface area contributed by atoms with Gasteiger partial charge in [0.2, 0.25) is 0 Å². The number of ether oxygens (including phenoxy) is 1. The first-order valence-corrected chi connectivity index (χ1v) is 8.66. The maximum atomic E-state index is 12.6. The predicted molar refractivity (Wildman–Crippen MR) is 109 cm³/mol. The number of phenols is 1. The number of para-hydroxylation sites is 1. The van der Waals surface area contributed by atoms with Crippen LogP contribution in [0.2, 0.25) is 0 Å². The summed E-state index contributed by atoms with van der Waals surface area (Å²) in [5.41, 5.74) is 6.51. The third-order valence-electron chi connectivity index (χ3n) is 4.54. The smallest absolute Gasteiger partial charge is 0.354 e. The number of anilines is 1. The van der Waals surface area contributed by atoms with E-state index in [1.807, 2.05) is 19.1 Å². The van der Waals surface area contributed by atoms with E-state index in [0.29, 0.717) is 5.69 Å². The summed E-state index contributed by atoms with van der Waals surface area (Å²) in [6, 6.07) is 11.9. The number of aryl methyl sites for hydroxylation is 1. The molecule has 0 aliphatic heterocycles. The second kappa shape index (κ2) is 6.79. The molecule has 9 nitrogen and oxygen atoms in total. The van der Waals surface area contributed by atoms with E-state index < -0.39 is 11.2 Å². The molecule has 4 N–H and O–H groups in total. The van der Waals surface area contributed by atoms with E-state index in [4.69, 9.17) is 10.5 Å². The highest BCUT2D eigenvalue weighted by Crippen LogP contribution is 2.35. The summed E-state index contributed by atoms with van der Waals surface area (Å²) in [6.45, 7) is 1.92. The maximum Gasteiger partial charge on any atom is 0.354 e. The third-order valence-corrected chi connectivity index (χ3v) is 4.54. The molecule has 0 fully saturated rings. The van der Waals surface area contributed by atoms with E-state index in [2.05, 4.69) is 15.0 Å². The summed E-state index contributed by atoms with van der Waals surface area (Å²) >= 11 is 0. The van der Waals surface area contributed by atoms with Crippen molar-refractivity contribution < 1.29 is 9.84 Å². The van der Waals surface area contributed by atoms with Crippen LogP contribution < -0.4 is 21.7 Å². The van der Waals surface area contributed by atoms with Gasteiger partial charge in [0.1, 0.15) is 17.2 Å². The van der Waals surface area contributed by atoms with Crippen molar-refractivity contribution in [3.8, 4) is 28.6 Å². The molecule has 0 aliphatic rings. The summed E-state index contributed by atoms with van der Waals surface area (Å²) in [5, 5.41) is 10.4. The van der Waals surface area contributed by atoms with Crippen molar-refractivity contribution in [1.29, 1.82) is 0 Å². The molecule has 2 aromatic carbocycles. The monoisotopic (exact) mass is 391 g/mol. The molecule has 2 heterocycles. The van der Waals surface area contributed by atoms with Crippen LogP contribution >= 0.6 is 0 Å². The standard InChI is InChI=1S/C20H17N5O4/c1-10-6-8-11(9-7-10)25-17(21)14-15(23-20(25)28)19(27)24-18(22-14)12-4-3-5-13(29-2)16(12)26/h3-9,26H,21H2,1-2H3,(H,22,24,27). The van der Waals surface area contributed by atoms with Crippen molar-refractivity contribution in [2.75, 3.05) is 12.8 Å². The van der Waals surface area contributed by atoms with Gasteiger partial charge in [0.15, 0.2) is 17.0 Å². The van der Waals surface area contributed by atoms with Crippen LogP contribution in [0.4, 0.5) is 5.82 Å². The Hall–Kier alpha value is -4.14. The first-order valence-electron chi connectivity index (χ1n) is 8.66. The number of hydrogen-bond acceptors (Lipinski definition) is 7. The Labute approximate surface area is 164 Å². The molecule has 0 amide bonds. The number of H-pyrrole nitrogens is 1. The number of aromatic nitrogens is 4. The SMILES string of the molecule is COc1cccc(-c2nc3c(N)n(-c4ccc(C)cc4)c(=O)nc3c(=O)[nH]2)c1O. The van der Waals surface area contributed by atoms with Gasteiger partial charge < -0.3 is 20.6 Å². The van der Waals surface area contributed by atoms with Crippen molar-refractivity contribution in [1.82, 2.24) is 19.5 Å². The predicted octanol–water partition coefficient (Wildman–Crippen LogP) is 1.74. The lowest BCUT2D eigenvalue weighted by Gasteiger charge is -2.12. The Bertz CT molecular complexity index is 1360. The van der Waals surface area contributed by atoms with Crippen molar-refractivity contribution in [3.63, 3.8) is 0 Å². The molecule has 0 saturated carbocycles. The van der Waals surface area contributed by atoms with Crippen LogP contribution in [0.15, 0.2) is 52.1 Å². The third kappa shape index (κ3) is 2.98. The van der Waals surface area contributed by atoms with Crippen molar-refractivity contribution in [2.45, 2.75) is 6.92 Å². The zero-order valence-corrected chi connectivity index (χ0v) is 15.6. The number of nitrogens with zero attached hydrogens (tertiary/aromatic N) is 3. The van der Waals surface area contributed by atoms with Gasteiger partial charge in [0.25, 0.3) is 5.56 Å². The van der Waals surface area contributed by atoms with Gasteiger partial charge in [-0.05, 0) is 31.2 Å². The lowest BCUT2D eigenvalue weighted by molar-refractivity contribution is 0.374. The number of benzene rings is 2. The van der Waals surface area contributed by atoms with Crippen LogP contribution in [-0.2, 0) is 0 Å². The van der Waals surface area contributed by atoms with Crippen molar-refractivity contribution in [3.05, 3.63) is 68.9 Å². The molecular weight excluding hydrogens is 374 g/mol. The van der Waals surface area contributed by atoms with E-state index in [1.165, 1.54) is 11.7 Å². The number of nitrogens with two attached hydrogens (primary N) is 1. The number of rotatable bonds is 3. The van der Waals surface area contributed by atoms with Crippen LogP contribution in [0.3, 0.4) is 0 Å². The number of aromatic hydroxyl groups is 1. The van der Waals surface area contributed by atoms with Gasteiger partial charge in [-0.15, -0.1) is 0 Å². The molecule has 9 heteroatoms. The summed E-state index contributed by atoms with van der Waals surface area (Å²) in [4.78, 5) is 35.8. The highest BCUT2D eigenvalue weighted by atomic mass is 16.5. The van der Waals surface area contributed by atoms with Gasteiger partial charge in [0.05, 0.1) is 18.4 Å². The number of nitrogens with one attached hydrogen (secondary N) is 1. The molecule has 4 aromatic rings. The molecule has 0 saturated heterocycles. The normalized spacial score (nSPS) is 11.0. The Morgan fingerprint density at radius 3 is 2.48 bits per heavy atom. The first kappa shape index (κ1) is 18.2. The molecule has 4 rings (SSSR count). The summed E-state index contributed by atoms with van der Waals surface area (Å²) < 4.78 is 6.28. The first-order chi connectivity index (χ1) is 13.9. The fourth-order valence-corrected chi connectivity index (χ4v) is 3.05. The molecule has 0 unspecified atom stereocenters. The van der Waals surface area contributed by atoms with Crippen LogP contribution in [-0.4, -0.2) is 31.7 Å².